The van der Waals surface area contributed by atoms with Crippen LogP contribution >= 0.6 is 0 Å². The summed E-state index contributed by atoms with van der Waals surface area (Å²) < 4.78 is 5.25. The number of nitrogens with one attached hydrogen (secondary N) is 1. The number of aryl methyl sites for hydroxylation is 1. The minimum absolute atomic E-state index is 0.157. The molecule has 0 aliphatic carbocycles. The fourth-order valence-corrected chi connectivity index (χ4v) is 3.95. The van der Waals surface area contributed by atoms with E-state index in [2.05, 4.69) is 5.32 Å². The van der Waals surface area contributed by atoms with E-state index in [0.29, 0.717) is 35.7 Å². The molecule has 0 bridgehead atoms. The fraction of sp³-hybridized carbons (Fsp3) is 0.320. The maximum absolute atomic E-state index is 13.4. The first kappa shape index (κ1) is 21.6. The Labute approximate surface area is 187 Å². The number of urea groups is 1. The molecule has 166 valence electrons. The van der Waals surface area contributed by atoms with E-state index in [1.54, 1.807) is 36.2 Å². The van der Waals surface area contributed by atoms with Gasteiger partial charge in [-0.05, 0) is 43.2 Å². The van der Waals surface area contributed by atoms with Gasteiger partial charge in [-0.1, -0.05) is 43.2 Å². The summed E-state index contributed by atoms with van der Waals surface area (Å²) in [6.45, 7) is 4.72. The molecule has 1 N–H and O–H groups in total. The number of carbonyl (C=O) groups excluding carboxylic acids is 3. The number of ether oxygens (including phenoxy) is 1. The van der Waals surface area contributed by atoms with Gasteiger partial charge in [-0.15, -0.1) is 0 Å². The zero-order chi connectivity index (χ0) is 22.8. The van der Waals surface area contributed by atoms with Crippen LogP contribution in [-0.4, -0.2) is 43.0 Å². The molecule has 3 amide bonds. The molecule has 2 aliphatic rings. The van der Waals surface area contributed by atoms with Crippen LogP contribution in [0, 0.1) is 6.92 Å². The van der Waals surface area contributed by atoms with E-state index in [1.165, 1.54) is 4.90 Å². The van der Waals surface area contributed by atoms with Gasteiger partial charge in [0.05, 0.1) is 36.0 Å². The maximum atomic E-state index is 13.4. The quantitative estimate of drug-likeness (QED) is 0.553. The van der Waals surface area contributed by atoms with Gasteiger partial charge in [-0.2, -0.15) is 0 Å². The number of hydrogen-bond donors (Lipinski definition) is 1. The van der Waals surface area contributed by atoms with E-state index in [4.69, 9.17) is 4.74 Å². The topological polar surface area (TPSA) is 79.0 Å². The van der Waals surface area contributed by atoms with Crippen molar-refractivity contribution in [1.82, 2.24) is 10.2 Å². The molecule has 4 rings (SSSR count). The molecule has 0 saturated carbocycles. The molecule has 1 atom stereocenters. The summed E-state index contributed by atoms with van der Waals surface area (Å²) in [6.07, 6.45) is 1.78. The second kappa shape index (κ2) is 8.86. The Morgan fingerprint density at radius 2 is 1.78 bits per heavy atom. The van der Waals surface area contributed by atoms with E-state index in [9.17, 15) is 14.4 Å². The highest BCUT2D eigenvalue weighted by Crippen LogP contribution is 2.37. The van der Waals surface area contributed by atoms with Gasteiger partial charge in [0, 0.05) is 12.7 Å². The van der Waals surface area contributed by atoms with Gasteiger partial charge in [-0.3, -0.25) is 9.69 Å². The van der Waals surface area contributed by atoms with E-state index in [1.807, 2.05) is 38.1 Å². The molecule has 0 spiro atoms. The normalized spacial score (nSPS) is 18.0. The monoisotopic (exact) mass is 433 g/mol. The number of benzene rings is 2. The molecule has 0 saturated heterocycles. The summed E-state index contributed by atoms with van der Waals surface area (Å²) in [5.74, 6) is -0.528. The number of rotatable bonds is 6. The predicted molar refractivity (Wildman–Crippen MR) is 121 cm³/mol. The highest BCUT2D eigenvalue weighted by atomic mass is 16.5. The Morgan fingerprint density at radius 1 is 1.09 bits per heavy atom. The van der Waals surface area contributed by atoms with Gasteiger partial charge >= 0.3 is 12.0 Å². The molecule has 0 unspecified atom stereocenters. The smallest absolute Gasteiger partial charge is 0.338 e. The summed E-state index contributed by atoms with van der Waals surface area (Å²) in [5.41, 5.74) is 4.34. The molecule has 0 radical (unpaired) electrons. The first-order valence-corrected chi connectivity index (χ1v) is 10.8. The second-order valence-corrected chi connectivity index (χ2v) is 8.14. The number of hydrogen-bond acceptors (Lipinski definition) is 4. The van der Waals surface area contributed by atoms with Crippen LogP contribution in [0.3, 0.4) is 0 Å². The van der Waals surface area contributed by atoms with Crippen LogP contribution in [0.4, 0.5) is 10.5 Å². The Bertz CT molecular complexity index is 1070. The van der Waals surface area contributed by atoms with Crippen molar-refractivity contribution in [3.63, 3.8) is 0 Å². The summed E-state index contributed by atoms with van der Waals surface area (Å²) in [5, 5.41) is 2.94. The maximum Gasteiger partial charge on any atom is 0.338 e. The average molecular weight is 434 g/mol. The van der Waals surface area contributed by atoms with Crippen molar-refractivity contribution < 1.29 is 19.1 Å². The summed E-state index contributed by atoms with van der Waals surface area (Å²) in [6, 6.07) is 13.9. The van der Waals surface area contributed by atoms with Crippen molar-refractivity contribution in [2.45, 2.75) is 32.7 Å². The highest BCUT2D eigenvalue weighted by Gasteiger charge is 2.43. The Morgan fingerprint density at radius 3 is 2.44 bits per heavy atom. The molecule has 2 aromatic carbocycles. The zero-order valence-corrected chi connectivity index (χ0v) is 18.6. The third-order valence-electron chi connectivity index (χ3n) is 5.92. The lowest BCUT2D eigenvalue weighted by atomic mass is 9.95. The number of carbonyl (C=O) groups is 3. The lowest BCUT2D eigenvalue weighted by molar-refractivity contribution is -0.114. The van der Waals surface area contributed by atoms with Crippen molar-refractivity contribution in [3.8, 4) is 0 Å². The van der Waals surface area contributed by atoms with Crippen LogP contribution in [0.2, 0.25) is 0 Å². The first-order chi connectivity index (χ1) is 15.4. The molecule has 7 nitrogen and oxygen atoms in total. The van der Waals surface area contributed by atoms with Gasteiger partial charge in [-0.25, -0.2) is 9.59 Å². The Kier molecular flexibility index (Phi) is 5.99. The number of likely N-dealkylation sites (N-methyl/N-ethyl adjacent to an activating group) is 1. The van der Waals surface area contributed by atoms with Crippen LogP contribution in [0.25, 0.3) is 0 Å². The highest BCUT2D eigenvalue weighted by molar-refractivity contribution is 6.11. The molecule has 0 fully saturated rings. The summed E-state index contributed by atoms with van der Waals surface area (Å²) in [4.78, 5) is 41.3. The number of unbranched alkanes of at least 4 members (excludes halogenated alkanes) is 1. The molecular formula is C25H27N3O4. The van der Waals surface area contributed by atoms with Crippen molar-refractivity contribution >= 4 is 23.6 Å². The molecule has 0 aromatic heterocycles. The standard InChI is InChI=1S/C25H27N3O4/c1-4-5-14-32-24(30)18-10-12-19(13-11-18)28-15-20-21(23(28)29)22(26-25(31)27(20)3)17-8-6-16(2)7-9-17/h6-13,22H,4-5,14-15H2,1-3H3,(H,26,31)/t22-/m0/s1. The van der Waals surface area contributed by atoms with E-state index >= 15 is 0 Å². The minimum atomic E-state index is -0.500. The summed E-state index contributed by atoms with van der Waals surface area (Å²) >= 11 is 0. The third kappa shape index (κ3) is 3.98. The van der Waals surface area contributed by atoms with Crippen LogP contribution in [0.1, 0.15) is 47.3 Å². The van der Waals surface area contributed by atoms with Gasteiger partial charge in [0.25, 0.3) is 5.91 Å². The lowest BCUT2D eigenvalue weighted by Crippen LogP contribution is -2.45. The molecule has 7 heteroatoms. The largest absolute Gasteiger partial charge is 0.462 e. The van der Waals surface area contributed by atoms with Crippen LogP contribution in [-0.2, 0) is 9.53 Å². The minimum Gasteiger partial charge on any atom is -0.462 e. The molecule has 2 aromatic rings. The lowest BCUT2D eigenvalue weighted by Gasteiger charge is -2.31. The van der Waals surface area contributed by atoms with Gasteiger partial charge in [0.1, 0.15) is 0 Å². The Balaban J connectivity index is 1.58. The van der Waals surface area contributed by atoms with Crippen LogP contribution < -0.4 is 10.2 Å². The average Bonchev–Trinajstić information content (AvgIpc) is 3.14. The zero-order valence-electron chi connectivity index (χ0n) is 18.6. The number of amides is 3. The molecule has 32 heavy (non-hydrogen) atoms. The molecule has 2 aliphatic heterocycles. The van der Waals surface area contributed by atoms with Crippen molar-refractivity contribution in [2.75, 3.05) is 25.1 Å². The number of anilines is 1. The van der Waals surface area contributed by atoms with Crippen molar-refractivity contribution in [1.29, 1.82) is 0 Å². The number of esters is 1. The van der Waals surface area contributed by atoms with Gasteiger partial charge in [0.15, 0.2) is 0 Å². The van der Waals surface area contributed by atoms with E-state index < -0.39 is 6.04 Å². The molecule has 2 heterocycles. The van der Waals surface area contributed by atoms with E-state index in [-0.39, 0.29) is 17.9 Å². The SMILES string of the molecule is CCCCOC(=O)c1ccc(N2CC3=C(C2=O)[C@H](c2ccc(C)cc2)NC(=O)N3C)cc1. The Hall–Kier alpha value is -3.61. The van der Waals surface area contributed by atoms with E-state index in [0.717, 1.165) is 24.0 Å². The number of nitrogens with zero attached hydrogens (tertiary/aromatic N) is 2. The van der Waals surface area contributed by atoms with Crippen LogP contribution in [0.5, 0.6) is 0 Å². The fourth-order valence-electron chi connectivity index (χ4n) is 3.95. The van der Waals surface area contributed by atoms with Crippen molar-refractivity contribution in [2.24, 2.45) is 0 Å². The summed E-state index contributed by atoms with van der Waals surface area (Å²) in [7, 11) is 1.67. The predicted octanol–water partition coefficient (Wildman–Crippen LogP) is 3.95. The van der Waals surface area contributed by atoms with Crippen LogP contribution in [0.15, 0.2) is 59.8 Å². The molecular weight excluding hydrogens is 406 g/mol. The third-order valence-corrected chi connectivity index (χ3v) is 5.92. The first-order valence-electron chi connectivity index (χ1n) is 10.8. The van der Waals surface area contributed by atoms with Gasteiger partial charge < -0.3 is 15.0 Å². The second-order valence-electron chi connectivity index (χ2n) is 8.14. The van der Waals surface area contributed by atoms with Crippen molar-refractivity contribution in [3.05, 3.63) is 76.5 Å². The van der Waals surface area contributed by atoms with Gasteiger partial charge in [0.2, 0.25) is 0 Å².